The maximum atomic E-state index is 11.3. The molecule has 2 atom stereocenters. The fourth-order valence-corrected chi connectivity index (χ4v) is 2.11. The lowest BCUT2D eigenvalue weighted by atomic mass is 9.95. The molecule has 1 amide bonds. The molecule has 0 aromatic heterocycles. The number of rotatable bonds is 4. The molecule has 15 heavy (non-hydrogen) atoms. The Morgan fingerprint density at radius 1 is 1.47 bits per heavy atom. The minimum Gasteiger partial charge on any atom is -0.446 e. The summed E-state index contributed by atoms with van der Waals surface area (Å²) in [5.74, 6) is 1.44. The van der Waals surface area contributed by atoms with Crippen LogP contribution >= 0.6 is 0 Å². The number of hydrogen-bond donors (Lipinski definition) is 1. The first-order valence-electron chi connectivity index (χ1n) is 6.08. The van der Waals surface area contributed by atoms with Crippen molar-refractivity contribution in [1.29, 1.82) is 0 Å². The van der Waals surface area contributed by atoms with Crippen LogP contribution in [0.5, 0.6) is 0 Å². The summed E-state index contributed by atoms with van der Waals surface area (Å²) in [6, 6.07) is 0. The summed E-state index contributed by atoms with van der Waals surface area (Å²) in [6.07, 6.45) is 4.12. The van der Waals surface area contributed by atoms with Gasteiger partial charge in [-0.15, -0.1) is 0 Å². The largest absolute Gasteiger partial charge is 0.446 e. The summed E-state index contributed by atoms with van der Waals surface area (Å²) in [5.41, 5.74) is 0. The molecule has 1 aliphatic carbocycles. The van der Waals surface area contributed by atoms with Gasteiger partial charge in [-0.1, -0.05) is 20.8 Å². The Labute approximate surface area is 92.6 Å². The highest BCUT2D eigenvalue weighted by atomic mass is 16.6. The Morgan fingerprint density at radius 2 is 2.20 bits per heavy atom. The van der Waals surface area contributed by atoms with E-state index in [0.29, 0.717) is 12.5 Å². The predicted octanol–water partition coefficient (Wildman–Crippen LogP) is 2.95. The second kappa shape index (κ2) is 5.99. The van der Waals surface area contributed by atoms with Crippen LogP contribution in [0.15, 0.2) is 0 Å². The third-order valence-corrected chi connectivity index (χ3v) is 3.16. The van der Waals surface area contributed by atoms with Gasteiger partial charge in [0.2, 0.25) is 0 Å². The van der Waals surface area contributed by atoms with Crippen LogP contribution in [0.2, 0.25) is 0 Å². The Bertz CT molecular complexity index is 204. The van der Waals surface area contributed by atoms with Crippen molar-refractivity contribution in [2.24, 2.45) is 11.8 Å². The molecule has 88 valence electrons. The molecule has 1 N–H and O–H groups in total. The molecule has 3 heteroatoms. The molecular formula is C12H23NO2. The Balaban J connectivity index is 2.20. The normalized spacial score (nSPS) is 25.6. The lowest BCUT2D eigenvalue weighted by Crippen LogP contribution is -2.28. The maximum Gasteiger partial charge on any atom is 0.407 e. The fourth-order valence-electron chi connectivity index (χ4n) is 2.11. The molecule has 0 radical (unpaired) electrons. The Kier molecular flexibility index (Phi) is 4.92. The minimum absolute atomic E-state index is 0.147. The van der Waals surface area contributed by atoms with Gasteiger partial charge < -0.3 is 10.1 Å². The first-order valence-corrected chi connectivity index (χ1v) is 6.08. The lowest BCUT2D eigenvalue weighted by Gasteiger charge is -2.15. The minimum atomic E-state index is -0.244. The van der Waals surface area contributed by atoms with Gasteiger partial charge in [-0.05, 0) is 37.5 Å². The van der Waals surface area contributed by atoms with Crippen molar-refractivity contribution >= 4 is 6.09 Å². The number of carbonyl (C=O) groups is 1. The Morgan fingerprint density at radius 3 is 2.73 bits per heavy atom. The van der Waals surface area contributed by atoms with Crippen LogP contribution in [-0.4, -0.2) is 18.7 Å². The van der Waals surface area contributed by atoms with Crippen LogP contribution in [0.3, 0.4) is 0 Å². The molecule has 0 heterocycles. The molecule has 1 fully saturated rings. The topological polar surface area (TPSA) is 38.3 Å². The summed E-state index contributed by atoms with van der Waals surface area (Å²) in [7, 11) is 0. The average molecular weight is 213 g/mol. The van der Waals surface area contributed by atoms with E-state index >= 15 is 0 Å². The zero-order valence-corrected chi connectivity index (χ0v) is 10.1. The molecule has 0 saturated heterocycles. The van der Waals surface area contributed by atoms with Crippen molar-refractivity contribution in [3.63, 3.8) is 0 Å². The zero-order chi connectivity index (χ0) is 11.3. The van der Waals surface area contributed by atoms with E-state index in [9.17, 15) is 4.79 Å². The number of alkyl carbamates (subject to hydrolysis) is 1. The van der Waals surface area contributed by atoms with Gasteiger partial charge in [0, 0.05) is 6.54 Å². The van der Waals surface area contributed by atoms with Crippen LogP contribution in [0, 0.1) is 11.8 Å². The number of amides is 1. The summed E-state index contributed by atoms with van der Waals surface area (Å²) in [4.78, 5) is 11.3. The van der Waals surface area contributed by atoms with E-state index in [2.05, 4.69) is 19.2 Å². The lowest BCUT2D eigenvalue weighted by molar-refractivity contribution is 0.0973. The highest BCUT2D eigenvalue weighted by Gasteiger charge is 2.29. The number of carbonyl (C=O) groups excluding carboxylic acids is 1. The van der Waals surface area contributed by atoms with E-state index in [1.807, 2.05) is 6.92 Å². The first kappa shape index (κ1) is 12.3. The van der Waals surface area contributed by atoms with Crippen LogP contribution < -0.4 is 5.32 Å². The molecule has 0 bridgehead atoms. The molecule has 1 rings (SSSR count). The standard InChI is InChI=1S/C12H23NO2/c1-4-7-13-12(14)15-11-6-5-10(8-11)9(2)3/h9-11H,4-8H2,1-3H3,(H,13,14)/t10-,11+/m1/s1. The summed E-state index contributed by atoms with van der Waals surface area (Å²) >= 11 is 0. The van der Waals surface area contributed by atoms with Crippen LogP contribution in [0.1, 0.15) is 46.5 Å². The third-order valence-electron chi connectivity index (χ3n) is 3.16. The SMILES string of the molecule is CCCNC(=O)O[C@H]1CC[C@@H](C(C)C)C1. The van der Waals surface area contributed by atoms with Gasteiger partial charge in [0.05, 0.1) is 0 Å². The molecule has 0 unspecified atom stereocenters. The number of nitrogens with one attached hydrogen (secondary N) is 1. The van der Waals surface area contributed by atoms with E-state index in [-0.39, 0.29) is 12.2 Å². The number of ether oxygens (including phenoxy) is 1. The van der Waals surface area contributed by atoms with Crippen molar-refractivity contribution in [2.75, 3.05) is 6.54 Å². The maximum absolute atomic E-state index is 11.3. The molecule has 3 nitrogen and oxygen atoms in total. The second-order valence-electron chi connectivity index (χ2n) is 4.77. The van der Waals surface area contributed by atoms with Gasteiger partial charge in [-0.25, -0.2) is 4.79 Å². The molecule has 0 aromatic rings. The highest BCUT2D eigenvalue weighted by molar-refractivity contribution is 5.67. The quantitative estimate of drug-likeness (QED) is 0.779. The molecule has 1 saturated carbocycles. The fraction of sp³-hybridized carbons (Fsp3) is 0.917. The van der Waals surface area contributed by atoms with E-state index in [4.69, 9.17) is 4.74 Å². The number of hydrogen-bond acceptors (Lipinski definition) is 2. The van der Waals surface area contributed by atoms with Crippen molar-refractivity contribution in [2.45, 2.75) is 52.6 Å². The molecular weight excluding hydrogens is 190 g/mol. The summed E-state index contributed by atoms with van der Waals surface area (Å²) in [5, 5.41) is 2.74. The highest BCUT2D eigenvalue weighted by Crippen LogP contribution is 2.32. The van der Waals surface area contributed by atoms with Gasteiger partial charge in [-0.2, -0.15) is 0 Å². The van der Waals surface area contributed by atoms with Gasteiger partial charge in [0.25, 0.3) is 0 Å². The summed E-state index contributed by atoms with van der Waals surface area (Å²) in [6.45, 7) is 7.22. The van der Waals surface area contributed by atoms with Gasteiger partial charge in [0.15, 0.2) is 0 Å². The predicted molar refractivity (Wildman–Crippen MR) is 60.7 cm³/mol. The van der Waals surface area contributed by atoms with Crippen LogP contribution in [0.4, 0.5) is 4.79 Å². The summed E-state index contributed by atoms with van der Waals surface area (Å²) < 4.78 is 5.34. The van der Waals surface area contributed by atoms with Crippen molar-refractivity contribution in [3.8, 4) is 0 Å². The molecule has 0 spiro atoms. The Hall–Kier alpha value is -0.730. The van der Waals surface area contributed by atoms with E-state index in [1.54, 1.807) is 0 Å². The van der Waals surface area contributed by atoms with Crippen molar-refractivity contribution in [3.05, 3.63) is 0 Å². The van der Waals surface area contributed by atoms with Gasteiger partial charge in [-0.3, -0.25) is 0 Å². The third kappa shape index (κ3) is 4.10. The zero-order valence-electron chi connectivity index (χ0n) is 10.1. The first-order chi connectivity index (χ1) is 7.13. The van der Waals surface area contributed by atoms with Crippen LogP contribution in [-0.2, 0) is 4.74 Å². The van der Waals surface area contributed by atoms with Gasteiger partial charge in [0.1, 0.15) is 6.10 Å². The van der Waals surface area contributed by atoms with Crippen molar-refractivity contribution < 1.29 is 9.53 Å². The van der Waals surface area contributed by atoms with Crippen molar-refractivity contribution in [1.82, 2.24) is 5.32 Å². The molecule has 1 aliphatic rings. The average Bonchev–Trinajstić information content (AvgIpc) is 2.63. The molecule has 0 aromatic carbocycles. The van der Waals surface area contributed by atoms with Gasteiger partial charge >= 0.3 is 6.09 Å². The van der Waals surface area contributed by atoms with E-state index < -0.39 is 0 Å². The van der Waals surface area contributed by atoms with Crippen LogP contribution in [0.25, 0.3) is 0 Å². The molecule has 0 aliphatic heterocycles. The van der Waals surface area contributed by atoms with E-state index in [0.717, 1.165) is 25.2 Å². The monoisotopic (exact) mass is 213 g/mol. The van der Waals surface area contributed by atoms with E-state index in [1.165, 1.54) is 6.42 Å². The second-order valence-corrected chi connectivity index (χ2v) is 4.77. The smallest absolute Gasteiger partial charge is 0.407 e.